The minimum absolute atomic E-state index is 0.239. The summed E-state index contributed by atoms with van der Waals surface area (Å²) in [6.07, 6.45) is 2.61. The lowest BCUT2D eigenvalue weighted by Gasteiger charge is -2.09. The number of rotatable bonds is 7. The fraction of sp³-hybridized carbons (Fsp3) is 0.250. The molecule has 2 aromatic rings. The van der Waals surface area contributed by atoms with Crippen molar-refractivity contribution in [1.82, 2.24) is 0 Å². The van der Waals surface area contributed by atoms with Crippen molar-refractivity contribution in [2.75, 3.05) is 13.7 Å². The van der Waals surface area contributed by atoms with Crippen molar-refractivity contribution in [2.45, 2.75) is 20.3 Å². The molecule has 0 saturated heterocycles. The first-order valence-electron chi connectivity index (χ1n) is 7.88. The van der Waals surface area contributed by atoms with Gasteiger partial charge in [0.15, 0.2) is 0 Å². The maximum Gasteiger partial charge on any atom is 0.336 e. The van der Waals surface area contributed by atoms with Crippen molar-refractivity contribution in [3.63, 3.8) is 0 Å². The van der Waals surface area contributed by atoms with Gasteiger partial charge in [0, 0.05) is 0 Å². The van der Waals surface area contributed by atoms with E-state index < -0.39 is 5.97 Å². The molecular formula is C20H22O4. The molecule has 0 radical (unpaired) electrons. The first-order chi connectivity index (χ1) is 11.5. The van der Waals surface area contributed by atoms with E-state index >= 15 is 0 Å². The number of methoxy groups -OCH3 is 1. The third-order valence-electron chi connectivity index (χ3n) is 3.60. The molecule has 0 aliphatic rings. The molecular weight excluding hydrogens is 304 g/mol. The summed E-state index contributed by atoms with van der Waals surface area (Å²) in [5, 5.41) is 9.55. The van der Waals surface area contributed by atoms with E-state index in [1.54, 1.807) is 25.3 Å². The Morgan fingerprint density at radius 2 is 1.88 bits per heavy atom. The SMILES string of the molecule is CCCOc1ccc(/C=C(\C(=O)O)c2ccc(OC)c(C)c2)cc1. The summed E-state index contributed by atoms with van der Waals surface area (Å²) < 4.78 is 10.8. The maximum absolute atomic E-state index is 11.7. The Labute approximate surface area is 142 Å². The van der Waals surface area contributed by atoms with E-state index in [0.717, 1.165) is 29.0 Å². The molecule has 0 aliphatic heterocycles. The van der Waals surface area contributed by atoms with E-state index in [2.05, 4.69) is 0 Å². The molecule has 0 bridgehead atoms. The zero-order chi connectivity index (χ0) is 17.5. The zero-order valence-electron chi connectivity index (χ0n) is 14.2. The van der Waals surface area contributed by atoms with Crippen LogP contribution in [0, 0.1) is 6.92 Å². The second kappa shape index (κ2) is 8.20. The van der Waals surface area contributed by atoms with E-state index in [0.29, 0.717) is 12.2 Å². The molecule has 126 valence electrons. The zero-order valence-corrected chi connectivity index (χ0v) is 14.2. The highest BCUT2D eigenvalue weighted by molar-refractivity contribution is 6.20. The van der Waals surface area contributed by atoms with Gasteiger partial charge in [-0.2, -0.15) is 0 Å². The molecule has 2 rings (SSSR count). The normalized spacial score (nSPS) is 11.2. The van der Waals surface area contributed by atoms with Crippen LogP contribution in [0.5, 0.6) is 11.5 Å². The average molecular weight is 326 g/mol. The third-order valence-corrected chi connectivity index (χ3v) is 3.60. The smallest absolute Gasteiger partial charge is 0.336 e. The van der Waals surface area contributed by atoms with E-state index in [1.807, 2.05) is 44.2 Å². The molecule has 0 spiro atoms. The summed E-state index contributed by atoms with van der Waals surface area (Å²) >= 11 is 0. The molecule has 0 atom stereocenters. The Bertz CT molecular complexity index is 730. The molecule has 0 amide bonds. The maximum atomic E-state index is 11.7. The molecule has 0 aromatic heterocycles. The molecule has 4 heteroatoms. The summed E-state index contributed by atoms with van der Waals surface area (Å²) in [6, 6.07) is 12.8. The Balaban J connectivity index is 2.31. The van der Waals surface area contributed by atoms with E-state index in [9.17, 15) is 9.90 Å². The third kappa shape index (κ3) is 4.38. The van der Waals surface area contributed by atoms with E-state index in [4.69, 9.17) is 9.47 Å². The van der Waals surface area contributed by atoms with Gasteiger partial charge in [0.25, 0.3) is 0 Å². The van der Waals surface area contributed by atoms with Gasteiger partial charge in [-0.3, -0.25) is 0 Å². The monoisotopic (exact) mass is 326 g/mol. The summed E-state index contributed by atoms with van der Waals surface area (Å²) in [5.74, 6) is 0.554. The predicted molar refractivity (Wildman–Crippen MR) is 95.5 cm³/mol. The van der Waals surface area contributed by atoms with Crippen LogP contribution in [0.15, 0.2) is 42.5 Å². The predicted octanol–water partition coefficient (Wildman–Crippen LogP) is 4.42. The van der Waals surface area contributed by atoms with Gasteiger partial charge in [0.1, 0.15) is 11.5 Å². The molecule has 2 aromatic carbocycles. The van der Waals surface area contributed by atoms with Crippen LogP contribution in [0.2, 0.25) is 0 Å². The number of aryl methyl sites for hydroxylation is 1. The first kappa shape index (κ1) is 17.6. The number of hydrogen-bond donors (Lipinski definition) is 1. The average Bonchev–Trinajstić information content (AvgIpc) is 2.58. The van der Waals surface area contributed by atoms with Gasteiger partial charge in [0.2, 0.25) is 0 Å². The Morgan fingerprint density at radius 1 is 1.17 bits per heavy atom. The molecule has 0 saturated carbocycles. The van der Waals surface area contributed by atoms with Crippen LogP contribution in [0.4, 0.5) is 0 Å². The first-order valence-corrected chi connectivity index (χ1v) is 7.88. The van der Waals surface area contributed by atoms with Gasteiger partial charge in [-0.1, -0.05) is 25.1 Å². The summed E-state index contributed by atoms with van der Waals surface area (Å²) in [4.78, 5) is 11.7. The second-order valence-electron chi connectivity index (χ2n) is 5.47. The fourth-order valence-corrected chi connectivity index (χ4v) is 2.36. The highest BCUT2D eigenvalue weighted by atomic mass is 16.5. The Kier molecular flexibility index (Phi) is 6.01. The molecule has 1 N–H and O–H groups in total. The number of carboxylic acid groups (broad SMARTS) is 1. The highest BCUT2D eigenvalue weighted by Gasteiger charge is 2.12. The standard InChI is InChI=1S/C20H22O4/c1-4-11-24-17-8-5-15(6-9-17)13-18(20(21)22)16-7-10-19(23-3)14(2)12-16/h5-10,12-13H,4,11H2,1-3H3,(H,21,22)/b18-13-. The summed E-state index contributed by atoms with van der Waals surface area (Å²) in [5.41, 5.74) is 2.59. The lowest BCUT2D eigenvalue weighted by molar-refractivity contribution is -0.130. The van der Waals surface area contributed by atoms with Crippen molar-refractivity contribution in [3.8, 4) is 11.5 Å². The largest absolute Gasteiger partial charge is 0.496 e. The lowest BCUT2D eigenvalue weighted by atomic mass is 10.0. The quantitative estimate of drug-likeness (QED) is 0.604. The van der Waals surface area contributed by atoms with Gasteiger partial charge < -0.3 is 14.6 Å². The molecule has 24 heavy (non-hydrogen) atoms. The molecule has 0 aliphatic carbocycles. The Morgan fingerprint density at radius 3 is 2.42 bits per heavy atom. The van der Waals surface area contributed by atoms with E-state index in [1.165, 1.54) is 0 Å². The van der Waals surface area contributed by atoms with Gasteiger partial charge in [-0.15, -0.1) is 0 Å². The summed E-state index contributed by atoms with van der Waals surface area (Å²) in [6.45, 7) is 4.61. The van der Waals surface area contributed by atoms with Crippen LogP contribution in [0.1, 0.15) is 30.0 Å². The number of ether oxygens (including phenoxy) is 2. The molecule has 4 nitrogen and oxygen atoms in total. The molecule has 0 unspecified atom stereocenters. The van der Waals surface area contributed by atoms with Gasteiger partial charge in [-0.05, 0) is 60.4 Å². The van der Waals surface area contributed by atoms with Crippen molar-refractivity contribution in [3.05, 3.63) is 59.2 Å². The number of carboxylic acids is 1. The van der Waals surface area contributed by atoms with Gasteiger partial charge >= 0.3 is 5.97 Å². The van der Waals surface area contributed by atoms with Gasteiger partial charge in [0.05, 0.1) is 19.3 Å². The van der Waals surface area contributed by atoms with Crippen molar-refractivity contribution < 1.29 is 19.4 Å². The molecule has 0 fully saturated rings. The fourth-order valence-electron chi connectivity index (χ4n) is 2.36. The van der Waals surface area contributed by atoms with Crippen molar-refractivity contribution >= 4 is 17.6 Å². The summed E-state index contributed by atoms with van der Waals surface area (Å²) in [7, 11) is 1.60. The number of benzene rings is 2. The minimum Gasteiger partial charge on any atom is -0.496 e. The lowest BCUT2D eigenvalue weighted by Crippen LogP contribution is -2.00. The molecule has 0 heterocycles. The number of carbonyl (C=O) groups is 1. The van der Waals surface area contributed by atoms with Crippen LogP contribution in [0.3, 0.4) is 0 Å². The van der Waals surface area contributed by atoms with Crippen LogP contribution >= 0.6 is 0 Å². The number of aliphatic carboxylic acids is 1. The second-order valence-corrected chi connectivity index (χ2v) is 5.47. The van der Waals surface area contributed by atoms with Crippen LogP contribution in [-0.2, 0) is 4.79 Å². The van der Waals surface area contributed by atoms with Crippen molar-refractivity contribution in [2.24, 2.45) is 0 Å². The van der Waals surface area contributed by atoms with Crippen molar-refractivity contribution in [1.29, 1.82) is 0 Å². The van der Waals surface area contributed by atoms with Crippen LogP contribution in [0.25, 0.3) is 11.6 Å². The highest BCUT2D eigenvalue weighted by Crippen LogP contribution is 2.25. The number of hydrogen-bond acceptors (Lipinski definition) is 3. The van der Waals surface area contributed by atoms with Crippen LogP contribution < -0.4 is 9.47 Å². The van der Waals surface area contributed by atoms with Gasteiger partial charge in [-0.25, -0.2) is 4.79 Å². The Hall–Kier alpha value is -2.75. The minimum atomic E-state index is -0.967. The van der Waals surface area contributed by atoms with E-state index in [-0.39, 0.29) is 5.57 Å². The van der Waals surface area contributed by atoms with Crippen LogP contribution in [-0.4, -0.2) is 24.8 Å². The topological polar surface area (TPSA) is 55.8 Å².